The molecule has 0 atom stereocenters. The quantitative estimate of drug-likeness (QED) is 0.494. The number of piperidine rings is 1. The van der Waals surface area contributed by atoms with E-state index >= 15 is 0 Å². The van der Waals surface area contributed by atoms with Gasteiger partial charge in [0.2, 0.25) is 0 Å². The molecule has 1 heteroatoms. The average molecular weight is 136 g/mol. The molecule has 55 valence electrons. The average Bonchev–Trinajstić information content (AvgIpc) is 2.03. The molecular weight excluding hydrogens is 122 g/mol. The van der Waals surface area contributed by atoms with Crippen molar-refractivity contribution in [2.24, 2.45) is 5.92 Å². The second kappa shape index (κ2) is 4.35. The second-order valence-corrected chi connectivity index (χ2v) is 2.60. The Morgan fingerprint density at radius 3 is 2.70 bits per heavy atom. The minimum atomic E-state index is 0.642. The third-order valence-electron chi connectivity index (χ3n) is 1.77. The molecule has 0 spiro atoms. The smallest absolute Gasteiger partial charge is 0.0227 e. The summed E-state index contributed by atoms with van der Waals surface area (Å²) in [5.74, 6) is 6.89. The van der Waals surface area contributed by atoms with Crippen LogP contribution in [0.1, 0.15) is 19.3 Å². The Morgan fingerprint density at radius 2 is 2.10 bits per heavy atom. The molecule has 1 aliphatic heterocycles. The maximum atomic E-state index is 3.68. The predicted octanol–water partition coefficient (Wildman–Crippen LogP) is 1.21. The fourth-order valence-electron chi connectivity index (χ4n) is 1.18. The highest BCUT2D eigenvalue weighted by molar-refractivity contribution is 5.05. The minimum Gasteiger partial charge on any atom is -0.317 e. The van der Waals surface area contributed by atoms with Crippen LogP contribution < -0.4 is 5.32 Å². The van der Waals surface area contributed by atoms with Gasteiger partial charge in [-0.2, -0.15) is 0 Å². The van der Waals surface area contributed by atoms with Crippen molar-refractivity contribution in [3.8, 4) is 11.8 Å². The first kappa shape index (κ1) is 7.63. The number of hydrogen-bond donors (Lipinski definition) is 1. The summed E-state index contributed by atoms with van der Waals surface area (Å²) in [6.45, 7) is 5.95. The van der Waals surface area contributed by atoms with E-state index in [0.29, 0.717) is 5.92 Å². The molecule has 0 aromatic heterocycles. The topological polar surface area (TPSA) is 12.0 Å². The molecule has 0 aromatic rings. The molecule has 0 aromatic carbocycles. The minimum absolute atomic E-state index is 0.642. The van der Waals surface area contributed by atoms with Gasteiger partial charge in [0.1, 0.15) is 0 Å². The van der Waals surface area contributed by atoms with Gasteiger partial charge in [-0.1, -0.05) is 5.92 Å². The van der Waals surface area contributed by atoms with Gasteiger partial charge < -0.3 is 5.32 Å². The zero-order chi connectivity index (χ0) is 7.23. The molecule has 1 radical (unpaired) electrons. The molecule has 1 heterocycles. The van der Waals surface area contributed by atoms with E-state index in [2.05, 4.69) is 24.1 Å². The van der Waals surface area contributed by atoms with E-state index in [1.54, 1.807) is 0 Å². The van der Waals surface area contributed by atoms with E-state index in [1.807, 2.05) is 0 Å². The molecule has 10 heavy (non-hydrogen) atoms. The van der Waals surface area contributed by atoms with Crippen molar-refractivity contribution < 1.29 is 0 Å². The monoisotopic (exact) mass is 136 g/mol. The number of rotatable bonds is 0. The van der Waals surface area contributed by atoms with Crippen LogP contribution in [0.2, 0.25) is 0 Å². The molecule has 0 saturated carbocycles. The highest BCUT2D eigenvalue weighted by atomic mass is 14.9. The van der Waals surface area contributed by atoms with E-state index in [-0.39, 0.29) is 0 Å². The van der Waals surface area contributed by atoms with Gasteiger partial charge in [-0.05, 0) is 32.9 Å². The summed E-state index contributed by atoms with van der Waals surface area (Å²) in [7, 11) is 0. The first-order valence-corrected chi connectivity index (χ1v) is 3.92. The van der Waals surface area contributed by atoms with Gasteiger partial charge >= 0.3 is 0 Å². The van der Waals surface area contributed by atoms with Crippen molar-refractivity contribution in [3.63, 3.8) is 0 Å². The third-order valence-corrected chi connectivity index (χ3v) is 1.77. The maximum absolute atomic E-state index is 3.68. The summed E-state index contributed by atoms with van der Waals surface area (Å²) in [4.78, 5) is 0. The first-order valence-electron chi connectivity index (χ1n) is 3.92. The van der Waals surface area contributed by atoms with Crippen LogP contribution in [-0.2, 0) is 0 Å². The van der Waals surface area contributed by atoms with Gasteiger partial charge in [-0.15, -0.1) is 5.92 Å². The summed E-state index contributed by atoms with van der Waals surface area (Å²) in [5, 5.41) is 3.31. The van der Waals surface area contributed by atoms with Gasteiger partial charge in [-0.25, -0.2) is 0 Å². The Morgan fingerprint density at radius 1 is 1.40 bits per heavy atom. The molecule has 0 amide bonds. The van der Waals surface area contributed by atoms with Crippen molar-refractivity contribution in [3.05, 3.63) is 6.92 Å². The standard InChI is InChI=1S/C9H14N/c1-2-3-4-9-5-7-10-8-6-9/h9-10H,1-2,5-8H2. The number of hydrogen-bond acceptors (Lipinski definition) is 1. The molecule has 0 bridgehead atoms. The Hall–Kier alpha value is -0.480. The zero-order valence-corrected chi connectivity index (χ0v) is 6.32. The maximum Gasteiger partial charge on any atom is 0.0227 e. The predicted molar refractivity (Wildman–Crippen MR) is 43.3 cm³/mol. The molecule has 1 aliphatic rings. The molecule has 1 rings (SSSR count). The fraction of sp³-hybridized carbons (Fsp3) is 0.667. The van der Waals surface area contributed by atoms with Gasteiger partial charge in [0, 0.05) is 12.3 Å². The molecular formula is C9H14N. The summed E-state index contributed by atoms with van der Waals surface area (Å²) < 4.78 is 0. The van der Waals surface area contributed by atoms with Crippen molar-refractivity contribution in [2.45, 2.75) is 19.3 Å². The summed E-state index contributed by atoms with van der Waals surface area (Å²) in [6.07, 6.45) is 3.18. The lowest BCUT2D eigenvalue weighted by atomic mass is 9.99. The Bertz CT molecular complexity index is 135. The SMILES string of the molecule is [CH2]CC#CC1CCNCC1. The van der Waals surface area contributed by atoms with Crippen LogP contribution in [-0.4, -0.2) is 13.1 Å². The van der Waals surface area contributed by atoms with Crippen LogP contribution >= 0.6 is 0 Å². The molecule has 1 N–H and O–H groups in total. The van der Waals surface area contributed by atoms with Gasteiger partial charge in [0.25, 0.3) is 0 Å². The van der Waals surface area contributed by atoms with Gasteiger partial charge in [0.15, 0.2) is 0 Å². The molecule has 1 saturated heterocycles. The van der Waals surface area contributed by atoms with Crippen molar-refractivity contribution in [2.75, 3.05) is 13.1 Å². The highest BCUT2D eigenvalue weighted by Gasteiger charge is 2.08. The molecule has 1 nitrogen and oxygen atoms in total. The van der Waals surface area contributed by atoms with Gasteiger partial charge in [-0.3, -0.25) is 0 Å². The lowest BCUT2D eigenvalue weighted by Gasteiger charge is -2.17. The van der Waals surface area contributed by atoms with Crippen LogP contribution in [0, 0.1) is 24.7 Å². The third kappa shape index (κ3) is 2.41. The Labute approximate surface area is 63.2 Å². The molecule has 1 fully saturated rings. The van der Waals surface area contributed by atoms with E-state index in [0.717, 1.165) is 19.5 Å². The Kier molecular flexibility index (Phi) is 3.32. The summed E-state index contributed by atoms with van der Waals surface area (Å²) in [5.41, 5.74) is 0. The zero-order valence-electron chi connectivity index (χ0n) is 6.32. The van der Waals surface area contributed by atoms with Crippen LogP contribution in [0.25, 0.3) is 0 Å². The largest absolute Gasteiger partial charge is 0.317 e. The molecule has 0 unspecified atom stereocenters. The fourth-order valence-corrected chi connectivity index (χ4v) is 1.18. The molecule has 0 aliphatic carbocycles. The van der Waals surface area contributed by atoms with Crippen molar-refractivity contribution in [1.82, 2.24) is 5.32 Å². The Balaban J connectivity index is 2.25. The normalized spacial score (nSPS) is 19.7. The summed E-state index contributed by atoms with van der Waals surface area (Å²) >= 11 is 0. The van der Waals surface area contributed by atoms with Crippen LogP contribution in [0.4, 0.5) is 0 Å². The summed E-state index contributed by atoms with van der Waals surface area (Å²) in [6, 6.07) is 0. The lowest BCUT2D eigenvalue weighted by molar-refractivity contribution is 0.447. The van der Waals surface area contributed by atoms with Crippen LogP contribution in [0.3, 0.4) is 0 Å². The van der Waals surface area contributed by atoms with E-state index in [1.165, 1.54) is 12.8 Å². The lowest BCUT2D eigenvalue weighted by Crippen LogP contribution is -2.26. The first-order chi connectivity index (χ1) is 4.93. The van der Waals surface area contributed by atoms with E-state index < -0.39 is 0 Å². The van der Waals surface area contributed by atoms with E-state index in [9.17, 15) is 0 Å². The van der Waals surface area contributed by atoms with Crippen LogP contribution in [0.15, 0.2) is 0 Å². The highest BCUT2D eigenvalue weighted by Crippen LogP contribution is 2.09. The van der Waals surface area contributed by atoms with E-state index in [4.69, 9.17) is 0 Å². The van der Waals surface area contributed by atoms with Crippen LogP contribution in [0.5, 0.6) is 0 Å². The van der Waals surface area contributed by atoms with Crippen molar-refractivity contribution in [1.29, 1.82) is 0 Å². The second-order valence-electron chi connectivity index (χ2n) is 2.60. The number of nitrogens with one attached hydrogen (secondary N) is 1. The van der Waals surface area contributed by atoms with Crippen molar-refractivity contribution >= 4 is 0 Å². The van der Waals surface area contributed by atoms with Gasteiger partial charge in [0.05, 0.1) is 0 Å².